The monoisotopic (exact) mass is 324 g/mol. The Bertz CT molecular complexity index is 439. The van der Waals surface area contributed by atoms with Crippen LogP contribution in [0.3, 0.4) is 0 Å². The van der Waals surface area contributed by atoms with Crippen molar-refractivity contribution in [3.8, 4) is 0 Å². The molecular formula is C16H28N4O3. The fourth-order valence-electron chi connectivity index (χ4n) is 3.87. The lowest BCUT2D eigenvalue weighted by Gasteiger charge is -2.34. The zero-order valence-electron chi connectivity index (χ0n) is 14.0. The zero-order valence-corrected chi connectivity index (χ0v) is 14.0. The van der Waals surface area contributed by atoms with Crippen LogP contribution in [0.2, 0.25) is 0 Å². The Labute approximate surface area is 137 Å². The van der Waals surface area contributed by atoms with Gasteiger partial charge in [-0.2, -0.15) is 0 Å². The number of rotatable bonds is 4. The van der Waals surface area contributed by atoms with Gasteiger partial charge in [-0.15, -0.1) is 0 Å². The maximum Gasteiger partial charge on any atom is 0.317 e. The molecule has 3 heterocycles. The highest BCUT2D eigenvalue weighted by Crippen LogP contribution is 2.25. The van der Waals surface area contributed by atoms with Crippen molar-refractivity contribution in [3.05, 3.63) is 0 Å². The van der Waals surface area contributed by atoms with E-state index in [4.69, 9.17) is 4.74 Å². The topological polar surface area (TPSA) is 65.1 Å². The van der Waals surface area contributed by atoms with E-state index >= 15 is 0 Å². The highest BCUT2D eigenvalue weighted by Gasteiger charge is 2.38. The molecule has 3 saturated heterocycles. The molecule has 0 aromatic carbocycles. The maximum absolute atomic E-state index is 12.6. The fraction of sp³-hybridized carbons (Fsp3) is 0.875. The van der Waals surface area contributed by atoms with Gasteiger partial charge in [-0.1, -0.05) is 13.3 Å². The van der Waals surface area contributed by atoms with E-state index in [0.29, 0.717) is 25.0 Å². The predicted molar refractivity (Wildman–Crippen MR) is 86.1 cm³/mol. The number of likely N-dealkylation sites (tertiary alicyclic amines) is 1. The summed E-state index contributed by atoms with van der Waals surface area (Å²) in [7, 11) is 0. The van der Waals surface area contributed by atoms with Crippen molar-refractivity contribution in [2.75, 3.05) is 59.0 Å². The first-order valence-corrected chi connectivity index (χ1v) is 8.81. The number of morpholine rings is 1. The fourth-order valence-corrected chi connectivity index (χ4v) is 3.87. The van der Waals surface area contributed by atoms with E-state index in [-0.39, 0.29) is 18.5 Å². The third kappa shape index (κ3) is 3.77. The summed E-state index contributed by atoms with van der Waals surface area (Å²) in [5.41, 5.74) is 0. The van der Waals surface area contributed by atoms with Crippen molar-refractivity contribution in [3.63, 3.8) is 0 Å². The van der Waals surface area contributed by atoms with Crippen LogP contribution in [0.1, 0.15) is 19.8 Å². The molecular weight excluding hydrogens is 296 g/mol. The predicted octanol–water partition coefficient (Wildman–Crippen LogP) is -0.0291. The summed E-state index contributed by atoms with van der Waals surface area (Å²) in [4.78, 5) is 30.5. The number of ether oxygens (including phenoxy) is 1. The SMILES string of the molecule is CC[C@H]1CN(C(=O)CN2CCCNC2=O)C[C@H]1N1CCOCC1. The molecule has 0 aromatic rings. The van der Waals surface area contributed by atoms with Gasteiger partial charge in [0.1, 0.15) is 6.54 Å². The van der Waals surface area contributed by atoms with Gasteiger partial charge in [-0.3, -0.25) is 9.69 Å². The van der Waals surface area contributed by atoms with E-state index in [1.165, 1.54) is 0 Å². The smallest absolute Gasteiger partial charge is 0.317 e. The molecule has 0 saturated carbocycles. The molecule has 3 aliphatic heterocycles. The van der Waals surface area contributed by atoms with Crippen LogP contribution in [0.4, 0.5) is 4.79 Å². The van der Waals surface area contributed by atoms with E-state index in [0.717, 1.165) is 52.2 Å². The van der Waals surface area contributed by atoms with Crippen LogP contribution in [0.25, 0.3) is 0 Å². The van der Waals surface area contributed by atoms with Crippen molar-refractivity contribution < 1.29 is 14.3 Å². The Hall–Kier alpha value is -1.34. The summed E-state index contributed by atoms with van der Waals surface area (Å²) in [5.74, 6) is 0.600. The highest BCUT2D eigenvalue weighted by molar-refractivity contribution is 5.84. The van der Waals surface area contributed by atoms with Crippen LogP contribution in [0.5, 0.6) is 0 Å². The molecule has 3 rings (SSSR count). The van der Waals surface area contributed by atoms with Crippen LogP contribution in [0.15, 0.2) is 0 Å². The van der Waals surface area contributed by atoms with E-state index in [1.54, 1.807) is 4.90 Å². The quantitative estimate of drug-likeness (QED) is 0.789. The molecule has 7 nitrogen and oxygen atoms in total. The zero-order chi connectivity index (χ0) is 16.2. The molecule has 130 valence electrons. The minimum atomic E-state index is -0.111. The molecule has 0 bridgehead atoms. The molecule has 3 fully saturated rings. The van der Waals surface area contributed by atoms with Crippen LogP contribution in [-0.2, 0) is 9.53 Å². The Kier molecular flexibility index (Phi) is 5.38. The molecule has 7 heteroatoms. The molecule has 0 spiro atoms. The minimum absolute atomic E-state index is 0.0799. The Morgan fingerprint density at radius 1 is 1.26 bits per heavy atom. The summed E-state index contributed by atoms with van der Waals surface area (Å²) in [6, 6.07) is 0.323. The Morgan fingerprint density at radius 2 is 2.04 bits per heavy atom. The summed E-state index contributed by atoms with van der Waals surface area (Å²) in [6.45, 7) is 8.88. The molecule has 23 heavy (non-hydrogen) atoms. The summed E-state index contributed by atoms with van der Waals surface area (Å²) in [5, 5.41) is 2.80. The number of urea groups is 1. The third-order valence-corrected chi connectivity index (χ3v) is 5.29. The molecule has 1 N–H and O–H groups in total. The van der Waals surface area contributed by atoms with Gasteiger partial charge in [0, 0.05) is 45.3 Å². The number of hydrogen-bond acceptors (Lipinski definition) is 4. The van der Waals surface area contributed by atoms with Crippen LogP contribution in [-0.4, -0.2) is 91.7 Å². The summed E-state index contributed by atoms with van der Waals surface area (Å²) >= 11 is 0. The van der Waals surface area contributed by atoms with Gasteiger partial charge in [-0.25, -0.2) is 4.79 Å². The average molecular weight is 324 g/mol. The number of hydrogen-bond donors (Lipinski definition) is 1. The van der Waals surface area contributed by atoms with Crippen LogP contribution >= 0.6 is 0 Å². The van der Waals surface area contributed by atoms with E-state index < -0.39 is 0 Å². The van der Waals surface area contributed by atoms with Gasteiger partial charge in [0.25, 0.3) is 0 Å². The number of carbonyl (C=O) groups is 2. The standard InChI is InChI=1S/C16H28N4O3/c1-2-13-10-20(11-14(13)18-6-8-23-9-7-18)15(21)12-19-5-3-4-17-16(19)22/h13-14H,2-12H2,1H3,(H,17,22)/t13-,14+/m0/s1. The second kappa shape index (κ2) is 7.49. The maximum atomic E-state index is 12.6. The van der Waals surface area contributed by atoms with Gasteiger partial charge < -0.3 is 19.9 Å². The summed E-state index contributed by atoms with van der Waals surface area (Å²) in [6.07, 6.45) is 1.99. The van der Waals surface area contributed by atoms with Gasteiger partial charge in [0.05, 0.1) is 13.2 Å². The van der Waals surface area contributed by atoms with E-state index in [1.807, 2.05) is 4.90 Å². The van der Waals surface area contributed by atoms with Crippen molar-refractivity contribution >= 4 is 11.9 Å². The first kappa shape index (κ1) is 16.5. The molecule has 0 aromatic heterocycles. The number of nitrogens with zero attached hydrogens (tertiary/aromatic N) is 3. The normalized spacial score (nSPS) is 29.7. The van der Waals surface area contributed by atoms with Crippen molar-refractivity contribution in [1.29, 1.82) is 0 Å². The van der Waals surface area contributed by atoms with Gasteiger partial charge >= 0.3 is 6.03 Å². The number of nitrogens with one attached hydrogen (secondary N) is 1. The number of amides is 3. The van der Waals surface area contributed by atoms with Crippen molar-refractivity contribution in [1.82, 2.24) is 20.0 Å². The first-order valence-electron chi connectivity index (χ1n) is 8.81. The average Bonchev–Trinajstić information content (AvgIpc) is 3.02. The van der Waals surface area contributed by atoms with Gasteiger partial charge in [0.15, 0.2) is 0 Å². The first-order chi connectivity index (χ1) is 11.2. The second-order valence-corrected chi connectivity index (χ2v) is 6.69. The van der Waals surface area contributed by atoms with Crippen molar-refractivity contribution in [2.45, 2.75) is 25.8 Å². The van der Waals surface area contributed by atoms with Crippen LogP contribution in [0, 0.1) is 5.92 Å². The van der Waals surface area contributed by atoms with E-state index in [2.05, 4.69) is 17.1 Å². The number of carbonyl (C=O) groups excluding carboxylic acids is 2. The third-order valence-electron chi connectivity index (χ3n) is 5.29. The van der Waals surface area contributed by atoms with Crippen molar-refractivity contribution in [2.24, 2.45) is 5.92 Å². The summed E-state index contributed by atoms with van der Waals surface area (Å²) < 4.78 is 5.44. The van der Waals surface area contributed by atoms with Gasteiger partial charge in [-0.05, 0) is 12.3 Å². The second-order valence-electron chi connectivity index (χ2n) is 6.69. The molecule has 0 aliphatic carbocycles. The lowest BCUT2D eigenvalue weighted by atomic mass is 9.99. The van der Waals surface area contributed by atoms with E-state index in [9.17, 15) is 9.59 Å². The Balaban J connectivity index is 1.57. The van der Waals surface area contributed by atoms with Crippen LogP contribution < -0.4 is 5.32 Å². The minimum Gasteiger partial charge on any atom is -0.379 e. The Morgan fingerprint density at radius 3 is 2.74 bits per heavy atom. The lowest BCUT2D eigenvalue weighted by Crippen LogP contribution is -2.51. The largest absolute Gasteiger partial charge is 0.379 e. The molecule has 3 aliphatic rings. The molecule has 0 radical (unpaired) electrons. The molecule has 3 amide bonds. The molecule has 2 atom stereocenters. The highest BCUT2D eigenvalue weighted by atomic mass is 16.5. The molecule has 0 unspecified atom stereocenters. The van der Waals surface area contributed by atoms with Gasteiger partial charge in [0.2, 0.25) is 5.91 Å². The lowest BCUT2D eigenvalue weighted by molar-refractivity contribution is -0.131.